The Morgan fingerprint density at radius 1 is 0.966 bits per heavy atom. The van der Waals surface area contributed by atoms with Crippen LogP contribution < -0.4 is 5.32 Å². The monoisotopic (exact) mass is 383 g/mol. The maximum absolute atomic E-state index is 13.1. The molecule has 6 heteroatoms. The van der Waals surface area contributed by atoms with Crippen molar-refractivity contribution in [2.24, 2.45) is 0 Å². The van der Waals surface area contributed by atoms with Gasteiger partial charge in [-0.1, -0.05) is 48.5 Å². The van der Waals surface area contributed by atoms with Gasteiger partial charge in [0.1, 0.15) is 0 Å². The van der Waals surface area contributed by atoms with Gasteiger partial charge in [0.25, 0.3) is 11.6 Å². The van der Waals surface area contributed by atoms with E-state index >= 15 is 0 Å². The first-order chi connectivity index (χ1) is 14.0. The number of nitrogens with one attached hydrogen (secondary N) is 1. The number of aromatic nitrogens is 1. The average molecular weight is 383 g/mol. The summed E-state index contributed by atoms with van der Waals surface area (Å²) < 4.78 is 0. The molecule has 1 N–H and O–H groups in total. The number of aryl methyl sites for hydroxylation is 1. The molecule has 0 unspecified atom stereocenters. The first kappa shape index (κ1) is 18.3. The molecule has 1 heterocycles. The molecule has 0 atom stereocenters. The van der Waals surface area contributed by atoms with Gasteiger partial charge >= 0.3 is 0 Å². The van der Waals surface area contributed by atoms with E-state index in [4.69, 9.17) is 4.98 Å². The fourth-order valence-corrected chi connectivity index (χ4v) is 3.20. The first-order valence-corrected chi connectivity index (χ1v) is 9.04. The molecule has 6 nitrogen and oxygen atoms in total. The van der Waals surface area contributed by atoms with E-state index in [-0.39, 0.29) is 11.6 Å². The Hall–Kier alpha value is -4.06. The summed E-state index contributed by atoms with van der Waals surface area (Å²) in [6.07, 6.45) is 0. The van der Waals surface area contributed by atoms with Crippen LogP contribution in [0, 0.1) is 17.0 Å². The van der Waals surface area contributed by atoms with Gasteiger partial charge in [0.2, 0.25) is 0 Å². The highest BCUT2D eigenvalue weighted by molar-refractivity contribution is 6.13. The Kier molecular flexibility index (Phi) is 4.75. The van der Waals surface area contributed by atoms with Gasteiger partial charge in [0, 0.05) is 28.8 Å². The van der Waals surface area contributed by atoms with Crippen molar-refractivity contribution in [3.05, 3.63) is 100 Å². The number of benzene rings is 3. The topological polar surface area (TPSA) is 85.1 Å². The molecule has 0 spiro atoms. The third kappa shape index (κ3) is 3.68. The van der Waals surface area contributed by atoms with Crippen molar-refractivity contribution in [1.82, 2.24) is 4.98 Å². The number of hydrogen-bond acceptors (Lipinski definition) is 4. The maximum atomic E-state index is 13.1. The molecule has 4 rings (SSSR count). The summed E-state index contributed by atoms with van der Waals surface area (Å²) in [5, 5.41) is 14.4. The minimum absolute atomic E-state index is 0.0284. The molecule has 1 aromatic heterocycles. The molecule has 0 saturated carbocycles. The number of rotatable bonds is 4. The number of nitrogens with zero attached hydrogens (tertiary/aromatic N) is 2. The number of pyridine rings is 1. The molecule has 29 heavy (non-hydrogen) atoms. The lowest BCUT2D eigenvalue weighted by Crippen LogP contribution is -2.13. The Morgan fingerprint density at radius 3 is 2.38 bits per heavy atom. The van der Waals surface area contributed by atoms with Crippen LogP contribution in [0.25, 0.3) is 22.2 Å². The second-order valence-electron chi connectivity index (χ2n) is 6.65. The van der Waals surface area contributed by atoms with Crippen LogP contribution in [-0.4, -0.2) is 15.8 Å². The van der Waals surface area contributed by atoms with E-state index < -0.39 is 4.92 Å². The predicted molar refractivity (Wildman–Crippen MR) is 113 cm³/mol. The second-order valence-corrected chi connectivity index (χ2v) is 6.65. The molecule has 0 fully saturated rings. The van der Waals surface area contributed by atoms with Crippen LogP contribution in [0.2, 0.25) is 0 Å². The summed E-state index contributed by atoms with van der Waals surface area (Å²) in [6.45, 7) is 1.96. The predicted octanol–water partition coefficient (Wildman–Crippen LogP) is 5.37. The molecule has 4 aromatic rings. The van der Waals surface area contributed by atoms with Crippen molar-refractivity contribution in [1.29, 1.82) is 0 Å². The number of nitro benzene ring substituents is 1. The summed E-state index contributed by atoms with van der Waals surface area (Å²) >= 11 is 0. The van der Waals surface area contributed by atoms with E-state index in [9.17, 15) is 14.9 Å². The number of hydrogen-bond donors (Lipinski definition) is 1. The van der Waals surface area contributed by atoms with Crippen LogP contribution in [0.4, 0.5) is 11.4 Å². The molecule has 0 aliphatic heterocycles. The van der Waals surface area contributed by atoms with Gasteiger partial charge in [-0.05, 0) is 30.7 Å². The lowest BCUT2D eigenvalue weighted by molar-refractivity contribution is -0.384. The van der Waals surface area contributed by atoms with Gasteiger partial charge in [-0.2, -0.15) is 0 Å². The number of carbonyl (C=O) groups is 1. The van der Waals surface area contributed by atoms with Crippen LogP contribution in [0.5, 0.6) is 0 Å². The van der Waals surface area contributed by atoms with E-state index in [1.165, 1.54) is 24.3 Å². The Labute approximate surface area is 167 Å². The molecule has 0 aliphatic rings. The van der Waals surface area contributed by atoms with E-state index in [1.54, 1.807) is 6.07 Å². The van der Waals surface area contributed by atoms with Crippen LogP contribution in [0.1, 0.15) is 15.9 Å². The van der Waals surface area contributed by atoms with Crippen molar-refractivity contribution in [2.45, 2.75) is 6.92 Å². The number of amides is 1. The van der Waals surface area contributed by atoms with Gasteiger partial charge < -0.3 is 5.32 Å². The summed E-state index contributed by atoms with van der Waals surface area (Å²) in [7, 11) is 0. The molecule has 0 bridgehead atoms. The molecule has 1 amide bonds. The lowest BCUT2D eigenvalue weighted by Gasteiger charge is -2.12. The van der Waals surface area contributed by atoms with Crippen LogP contribution in [-0.2, 0) is 0 Å². The number of nitro groups is 1. The average Bonchev–Trinajstić information content (AvgIpc) is 2.74. The third-order valence-electron chi connectivity index (χ3n) is 4.69. The van der Waals surface area contributed by atoms with Crippen molar-refractivity contribution >= 4 is 28.2 Å². The highest BCUT2D eigenvalue weighted by Crippen LogP contribution is 2.27. The van der Waals surface area contributed by atoms with Gasteiger partial charge in [0.15, 0.2) is 0 Å². The Morgan fingerprint density at radius 2 is 1.69 bits per heavy atom. The minimum atomic E-state index is -0.475. The van der Waals surface area contributed by atoms with Crippen LogP contribution in [0.15, 0.2) is 78.9 Å². The summed E-state index contributed by atoms with van der Waals surface area (Å²) in [4.78, 5) is 28.2. The molecule has 142 valence electrons. The molecule has 0 radical (unpaired) electrons. The summed E-state index contributed by atoms with van der Waals surface area (Å²) in [5.41, 5.74) is 4.32. The normalized spacial score (nSPS) is 10.7. The fourth-order valence-electron chi connectivity index (χ4n) is 3.20. The fraction of sp³-hybridized carbons (Fsp3) is 0.0435. The number of anilines is 1. The van der Waals surface area contributed by atoms with Gasteiger partial charge in [-0.15, -0.1) is 0 Å². The van der Waals surface area contributed by atoms with Crippen LogP contribution in [0.3, 0.4) is 0 Å². The number of fused-ring (bicyclic) bond motifs is 1. The number of para-hydroxylation sites is 1. The quantitative estimate of drug-likeness (QED) is 0.379. The Bertz CT molecular complexity index is 1220. The molecular weight excluding hydrogens is 366 g/mol. The lowest BCUT2D eigenvalue weighted by atomic mass is 10.0. The molecular formula is C23H17N3O3. The molecule has 0 aliphatic carbocycles. The second kappa shape index (κ2) is 7.52. The maximum Gasteiger partial charge on any atom is 0.269 e. The van der Waals surface area contributed by atoms with Crippen molar-refractivity contribution < 1.29 is 9.72 Å². The standard InChI is InChI=1S/C23H17N3O3/c1-15-6-5-9-19-20(14-21(25-22(15)19)16-7-3-2-4-8-16)23(27)24-17-10-12-18(13-11-17)26(28)29/h2-14H,1H3,(H,24,27). The number of carbonyl (C=O) groups excluding carboxylic acids is 1. The van der Waals surface area contributed by atoms with Gasteiger partial charge in [-0.25, -0.2) is 4.98 Å². The summed E-state index contributed by atoms with van der Waals surface area (Å²) in [6, 6.07) is 22.9. The van der Waals surface area contributed by atoms with Crippen molar-refractivity contribution in [2.75, 3.05) is 5.32 Å². The van der Waals surface area contributed by atoms with E-state index in [0.29, 0.717) is 16.9 Å². The largest absolute Gasteiger partial charge is 0.322 e. The highest BCUT2D eigenvalue weighted by atomic mass is 16.6. The Balaban J connectivity index is 1.78. The van der Waals surface area contributed by atoms with Crippen molar-refractivity contribution in [3.8, 4) is 11.3 Å². The van der Waals surface area contributed by atoms with Gasteiger partial charge in [-0.3, -0.25) is 14.9 Å². The van der Waals surface area contributed by atoms with E-state index in [2.05, 4.69) is 5.32 Å². The molecule has 0 saturated heterocycles. The third-order valence-corrected chi connectivity index (χ3v) is 4.69. The minimum Gasteiger partial charge on any atom is -0.322 e. The number of non-ortho nitro benzene ring substituents is 1. The zero-order valence-corrected chi connectivity index (χ0v) is 15.6. The SMILES string of the molecule is Cc1cccc2c(C(=O)Nc3ccc([N+](=O)[O-])cc3)cc(-c3ccccc3)nc12. The zero-order chi connectivity index (χ0) is 20.4. The smallest absolute Gasteiger partial charge is 0.269 e. The van der Waals surface area contributed by atoms with E-state index in [1.807, 2.05) is 55.5 Å². The van der Waals surface area contributed by atoms with Gasteiger partial charge in [0.05, 0.1) is 21.7 Å². The highest BCUT2D eigenvalue weighted by Gasteiger charge is 2.16. The van der Waals surface area contributed by atoms with Crippen LogP contribution >= 0.6 is 0 Å². The zero-order valence-electron chi connectivity index (χ0n) is 15.6. The molecule has 3 aromatic carbocycles. The first-order valence-electron chi connectivity index (χ1n) is 9.04. The van der Waals surface area contributed by atoms with Crippen molar-refractivity contribution in [3.63, 3.8) is 0 Å². The van der Waals surface area contributed by atoms with E-state index in [0.717, 1.165) is 22.0 Å². The summed E-state index contributed by atoms with van der Waals surface area (Å²) in [5.74, 6) is -0.297.